The third-order valence-electron chi connectivity index (χ3n) is 3.33. The number of nitrogens with one attached hydrogen (secondary N) is 1. The average molecular weight is 265 g/mol. The Morgan fingerprint density at radius 1 is 1.61 bits per heavy atom. The van der Waals surface area contributed by atoms with Gasteiger partial charge in [-0.3, -0.25) is 9.69 Å². The minimum absolute atomic E-state index is 0.00246. The van der Waals surface area contributed by atoms with Crippen LogP contribution in [0.2, 0.25) is 0 Å². The first kappa shape index (κ1) is 13.2. The fraction of sp³-hybridized carbons (Fsp3) is 0.538. The molecule has 1 amide bonds. The Balaban J connectivity index is 1.88. The summed E-state index contributed by atoms with van der Waals surface area (Å²) in [5.41, 5.74) is 3.83. The highest BCUT2D eigenvalue weighted by molar-refractivity contribution is 7.11. The summed E-state index contributed by atoms with van der Waals surface area (Å²) in [6, 6.07) is 2.02. The van der Waals surface area contributed by atoms with E-state index in [9.17, 15) is 4.79 Å². The van der Waals surface area contributed by atoms with Crippen molar-refractivity contribution in [1.29, 1.82) is 0 Å². The molecule has 0 aliphatic carbocycles. The Labute approximate surface area is 112 Å². The molecule has 1 aliphatic rings. The van der Waals surface area contributed by atoms with E-state index in [1.807, 2.05) is 25.4 Å². The van der Waals surface area contributed by atoms with Gasteiger partial charge < -0.3 is 0 Å². The lowest BCUT2D eigenvalue weighted by atomic mass is 10.0. The number of rotatable bonds is 3. The van der Waals surface area contributed by atoms with Gasteiger partial charge in [0.05, 0.1) is 12.3 Å². The Bertz CT molecular complexity index is 441. The van der Waals surface area contributed by atoms with Gasteiger partial charge in [0.2, 0.25) is 0 Å². The van der Waals surface area contributed by atoms with Gasteiger partial charge in [-0.05, 0) is 50.4 Å². The van der Waals surface area contributed by atoms with E-state index in [0.29, 0.717) is 0 Å². The largest absolute Gasteiger partial charge is 0.295 e. The normalized spacial score (nSPS) is 21.3. The van der Waals surface area contributed by atoms with Crippen LogP contribution in [0.5, 0.6) is 0 Å². The number of hydrogen-bond acceptors (Lipinski definition) is 4. The topological polar surface area (TPSA) is 44.7 Å². The Hall–Kier alpha value is -1.20. The van der Waals surface area contributed by atoms with Gasteiger partial charge in [0.25, 0.3) is 5.91 Å². The number of thiophene rings is 1. The van der Waals surface area contributed by atoms with E-state index in [4.69, 9.17) is 0 Å². The maximum absolute atomic E-state index is 12.0. The highest BCUT2D eigenvalue weighted by atomic mass is 32.1. The van der Waals surface area contributed by atoms with Gasteiger partial charge in [0, 0.05) is 4.88 Å². The Kier molecular flexibility index (Phi) is 4.49. The van der Waals surface area contributed by atoms with Gasteiger partial charge in [0.1, 0.15) is 0 Å². The Morgan fingerprint density at radius 3 is 3.11 bits per heavy atom. The van der Waals surface area contributed by atoms with Crippen LogP contribution in [-0.2, 0) is 4.79 Å². The summed E-state index contributed by atoms with van der Waals surface area (Å²) < 4.78 is 0. The number of hydrazone groups is 1. The fourth-order valence-electron chi connectivity index (χ4n) is 2.15. The van der Waals surface area contributed by atoms with Crippen molar-refractivity contribution >= 4 is 23.5 Å². The number of nitrogens with zero attached hydrogens (tertiary/aromatic N) is 2. The maximum Gasteiger partial charge on any atom is 0.257 e. The zero-order valence-corrected chi connectivity index (χ0v) is 11.7. The zero-order valence-electron chi connectivity index (χ0n) is 10.8. The molecule has 5 heteroatoms. The number of piperidine rings is 1. The molecule has 0 saturated carbocycles. The van der Waals surface area contributed by atoms with E-state index in [-0.39, 0.29) is 11.9 Å². The molecular formula is C13H19N3OS. The van der Waals surface area contributed by atoms with Crippen LogP contribution >= 0.6 is 11.3 Å². The van der Waals surface area contributed by atoms with Gasteiger partial charge in [0.15, 0.2) is 0 Å². The SMILES string of the molecule is Cc1ccsc1C=NNC(=O)[C@H]1CCCCN1C. The first-order valence-corrected chi connectivity index (χ1v) is 7.13. The molecule has 2 heterocycles. The first-order chi connectivity index (χ1) is 8.68. The molecule has 1 N–H and O–H groups in total. The van der Waals surface area contributed by atoms with Crippen LogP contribution in [0.25, 0.3) is 0 Å². The van der Waals surface area contributed by atoms with Crippen LogP contribution in [0, 0.1) is 6.92 Å². The quantitative estimate of drug-likeness (QED) is 0.671. The third-order valence-corrected chi connectivity index (χ3v) is 4.28. The van der Waals surface area contributed by atoms with E-state index in [1.165, 1.54) is 12.0 Å². The number of carbonyl (C=O) groups excluding carboxylic acids is 1. The van der Waals surface area contributed by atoms with Crippen LogP contribution in [0.3, 0.4) is 0 Å². The van der Waals surface area contributed by atoms with Crippen molar-refractivity contribution in [2.75, 3.05) is 13.6 Å². The number of likely N-dealkylation sites (N-methyl/N-ethyl adjacent to an activating group) is 1. The smallest absolute Gasteiger partial charge is 0.257 e. The summed E-state index contributed by atoms with van der Waals surface area (Å²) in [5, 5.41) is 6.06. The number of hydrogen-bond donors (Lipinski definition) is 1. The lowest BCUT2D eigenvalue weighted by Crippen LogP contribution is -2.46. The summed E-state index contributed by atoms with van der Waals surface area (Å²) in [7, 11) is 2.00. The van der Waals surface area contributed by atoms with Gasteiger partial charge in [-0.2, -0.15) is 5.10 Å². The second-order valence-corrected chi connectivity index (χ2v) is 5.64. The molecule has 0 radical (unpaired) electrons. The molecule has 0 aromatic carbocycles. The molecule has 1 aromatic rings. The van der Waals surface area contributed by atoms with Gasteiger partial charge in [-0.25, -0.2) is 5.43 Å². The molecule has 0 spiro atoms. The fourth-order valence-corrected chi connectivity index (χ4v) is 2.94. The van der Waals surface area contributed by atoms with E-state index in [2.05, 4.69) is 15.4 Å². The summed E-state index contributed by atoms with van der Waals surface area (Å²) >= 11 is 1.63. The molecule has 0 bridgehead atoms. The van der Waals surface area contributed by atoms with Crippen molar-refractivity contribution < 1.29 is 4.79 Å². The van der Waals surface area contributed by atoms with E-state index < -0.39 is 0 Å². The summed E-state index contributed by atoms with van der Waals surface area (Å²) in [5.74, 6) is 0.00246. The number of carbonyl (C=O) groups is 1. The van der Waals surface area contributed by atoms with Crippen LogP contribution in [0.15, 0.2) is 16.5 Å². The highest BCUT2D eigenvalue weighted by Gasteiger charge is 2.25. The predicted octanol–water partition coefficient (Wildman–Crippen LogP) is 1.99. The molecule has 98 valence electrons. The van der Waals surface area contributed by atoms with Crippen LogP contribution < -0.4 is 5.43 Å². The van der Waals surface area contributed by atoms with Crippen LogP contribution in [0.4, 0.5) is 0 Å². The second kappa shape index (κ2) is 6.11. The van der Waals surface area contributed by atoms with Crippen molar-refractivity contribution in [3.63, 3.8) is 0 Å². The van der Waals surface area contributed by atoms with E-state index in [1.54, 1.807) is 17.6 Å². The minimum atomic E-state index is -0.0275. The monoisotopic (exact) mass is 265 g/mol. The van der Waals surface area contributed by atoms with Gasteiger partial charge >= 0.3 is 0 Å². The van der Waals surface area contributed by atoms with Crippen molar-refractivity contribution in [3.8, 4) is 0 Å². The van der Waals surface area contributed by atoms with Crippen molar-refractivity contribution in [1.82, 2.24) is 10.3 Å². The first-order valence-electron chi connectivity index (χ1n) is 6.26. The molecule has 18 heavy (non-hydrogen) atoms. The minimum Gasteiger partial charge on any atom is -0.295 e. The zero-order chi connectivity index (χ0) is 13.0. The van der Waals surface area contributed by atoms with E-state index in [0.717, 1.165) is 24.3 Å². The van der Waals surface area contributed by atoms with Crippen LogP contribution in [0.1, 0.15) is 29.7 Å². The molecule has 1 aromatic heterocycles. The molecule has 2 rings (SSSR count). The maximum atomic E-state index is 12.0. The lowest BCUT2D eigenvalue weighted by Gasteiger charge is -2.30. The molecule has 1 aliphatic heterocycles. The van der Waals surface area contributed by atoms with E-state index >= 15 is 0 Å². The van der Waals surface area contributed by atoms with Crippen LogP contribution in [-0.4, -0.2) is 36.7 Å². The highest BCUT2D eigenvalue weighted by Crippen LogP contribution is 2.15. The number of aryl methyl sites for hydroxylation is 1. The predicted molar refractivity (Wildman–Crippen MR) is 75.1 cm³/mol. The molecule has 0 unspecified atom stereocenters. The molecular weight excluding hydrogens is 246 g/mol. The van der Waals surface area contributed by atoms with Gasteiger partial charge in [-0.15, -0.1) is 11.3 Å². The third kappa shape index (κ3) is 3.17. The molecule has 1 fully saturated rings. The average Bonchev–Trinajstić information content (AvgIpc) is 2.75. The van der Waals surface area contributed by atoms with Crippen molar-refractivity contribution in [2.45, 2.75) is 32.2 Å². The Morgan fingerprint density at radius 2 is 2.44 bits per heavy atom. The summed E-state index contributed by atoms with van der Waals surface area (Å²) in [6.07, 6.45) is 4.95. The molecule has 1 saturated heterocycles. The summed E-state index contributed by atoms with van der Waals surface area (Å²) in [4.78, 5) is 15.2. The molecule has 1 atom stereocenters. The number of amides is 1. The molecule has 4 nitrogen and oxygen atoms in total. The number of likely N-dealkylation sites (tertiary alicyclic amines) is 1. The standard InChI is InChI=1S/C13H19N3OS/c1-10-6-8-18-12(10)9-14-15-13(17)11-5-3-4-7-16(11)2/h6,8-9,11H,3-5,7H2,1-2H3,(H,15,17)/t11-/m1/s1. The van der Waals surface area contributed by atoms with Crippen molar-refractivity contribution in [2.24, 2.45) is 5.10 Å². The second-order valence-electron chi connectivity index (χ2n) is 4.69. The summed E-state index contributed by atoms with van der Waals surface area (Å²) in [6.45, 7) is 3.03. The van der Waals surface area contributed by atoms with Gasteiger partial charge in [-0.1, -0.05) is 6.42 Å². The lowest BCUT2D eigenvalue weighted by molar-refractivity contribution is -0.126. The van der Waals surface area contributed by atoms with Crippen molar-refractivity contribution in [3.05, 3.63) is 21.9 Å².